The highest BCUT2D eigenvalue weighted by Gasteiger charge is 2.01. The van der Waals surface area contributed by atoms with E-state index >= 15 is 0 Å². The molecule has 0 aromatic heterocycles. The van der Waals surface area contributed by atoms with Crippen molar-refractivity contribution >= 4 is 5.97 Å². The van der Waals surface area contributed by atoms with E-state index in [9.17, 15) is 14.3 Å². The van der Waals surface area contributed by atoms with Gasteiger partial charge in [-0.25, -0.2) is 4.39 Å². The van der Waals surface area contributed by atoms with E-state index < -0.39 is 11.8 Å². The number of aromatic carboxylic acids is 1. The average molecular weight is 153 g/mol. The SMILES string of the molecule is Cc1ccc(F)c(C(=O)[O-])c1. The van der Waals surface area contributed by atoms with Crippen LogP contribution in [0, 0.1) is 12.7 Å². The van der Waals surface area contributed by atoms with E-state index in [1.54, 1.807) is 6.92 Å². The van der Waals surface area contributed by atoms with Crippen LogP contribution >= 0.6 is 0 Å². The fourth-order valence-electron chi connectivity index (χ4n) is 0.796. The molecule has 0 atom stereocenters. The van der Waals surface area contributed by atoms with E-state index in [1.807, 2.05) is 0 Å². The van der Waals surface area contributed by atoms with Crippen LogP contribution in [-0.4, -0.2) is 5.97 Å². The Bertz CT molecular complexity index is 294. The molecule has 1 aromatic rings. The van der Waals surface area contributed by atoms with Gasteiger partial charge in [0.2, 0.25) is 0 Å². The summed E-state index contributed by atoms with van der Waals surface area (Å²) in [6.45, 7) is 1.69. The van der Waals surface area contributed by atoms with Crippen LogP contribution in [0.3, 0.4) is 0 Å². The Hall–Kier alpha value is -1.38. The molecule has 2 nitrogen and oxygen atoms in total. The summed E-state index contributed by atoms with van der Waals surface area (Å²) in [4.78, 5) is 10.2. The minimum Gasteiger partial charge on any atom is -0.545 e. The van der Waals surface area contributed by atoms with Gasteiger partial charge in [-0.15, -0.1) is 0 Å². The molecule has 0 aliphatic rings. The van der Waals surface area contributed by atoms with E-state index in [-0.39, 0.29) is 5.56 Å². The normalized spacial score (nSPS) is 9.64. The number of hydrogen-bond acceptors (Lipinski definition) is 2. The van der Waals surface area contributed by atoms with Gasteiger partial charge >= 0.3 is 0 Å². The lowest BCUT2D eigenvalue weighted by Gasteiger charge is -2.03. The Morgan fingerprint density at radius 3 is 2.64 bits per heavy atom. The van der Waals surface area contributed by atoms with Gasteiger partial charge in [0.1, 0.15) is 5.82 Å². The summed E-state index contributed by atoms with van der Waals surface area (Å²) >= 11 is 0. The molecule has 11 heavy (non-hydrogen) atoms. The van der Waals surface area contributed by atoms with E-state index in [0.717, 1.165) is 6.07 Å². The Morgan fingerprint density at radius 2 is 2.18 bits per heavy atom. The maximum Gasteiger partial charge on any atom is 0.132 e. The monoisotopic (exact) mass is 153 g/mol. The maximum absolute atomic E-state index is 12.6. The Kier molecular flexibility index (Phi) is 1.89. The van der Waals surface area contributed by atoms with Crippen LogP contribution in [-0.2, 0) is 0 Å². The highest BCUT2D eigenvalue weighted by atomic mass is 19.1. The lowest BCUT2D eigenvalue weighted by Crippen LogP contribution is -2.23. The zero-order chi connectivity index (χ0) is 8.43. The lowest BCUT2D eigenvalue weighted by atomic mass is 10.1. The zero-order valence-electron chi connectivity index (χ0n) is 5.93. The third-order valence-corrected chi connectivity index (χ3v) is 1.34. The predicted octanol–water partition coefficient (Wildman–Crippen LogP) is 0.498. The van der Waals surface area contributed by atoms with Crippen LogP contribution in [0.5, 0.6) is 0 Å². The van der Waals surface area contributed by atoms with Gasteiger partial charge in [0, 0.05) is 5.56 Å². The molecule has 0 saturated carbocycles. The Balaban J connectivity index is 3.23. The van der Waals surface area contributed by atoms with Gasteiger partial charge in [-0.3, -0.25) is 0 Å². The first-order valence-corrected chi connectivity index (χ1v) is 3.09. The molecule has 1 aromatic carbocycles. The molecular weight excluding hydrogens is 147 g/mol. The van der Waals surface area contributed by atoms with Crippen LogP contribution < -0.4 is 5.11 Å². The van der Waals surface area contributed by atoms with Gasteiger partial charge in [0.25, 0.3) is 0 Å². The van der Waals surface area contributed by atoms with Crippen molar-refractivity contribution in [3.63, 3.8) is 0 Å². The van der Waals surface area contributed by atoms with Crippen LogP contribution in [0.1, 0.15) is 15.9 Å². The number of hydrogen-bond donors (Lipinski definition) is 0. The Labute approximate surface area is 63.3 Å². The minimum absolute atomic E-state index is 0.384. The molecule has 0 aliphatic carbocycles. The number of carbonyl (C=O) groups excluding carboxylic acids is 1. The van der Waals surface area contributed by atoms with E-state index in [1.165, 1.54) is 12.1 Å². The molecule has 0 N–H and O–H groups in total. The molecular formula is C8H6FO2-. The molecule has 3 heteroatoms. The van der Waals surface area contributed by atoms with Gasteiger partial charge in [-0.2, -0.15) is 0 Å². The highest BCUT2D eigenvalue weighted by Crippen LogP contribution is 2.08. The summed E-state index contributed by atoms with van der Waals surface area (Å²) in [7, 11) is 0. The molecule has 0 amide bonds. The van der Waals surface area contributed by atoms with Gasteiger partial charge in [-0.05, 0) is 19.1 Å². The van der Waals surface area contributed by atoms with Gasteiger partial charge < -0.3 is 9.90 Å². The minimum atomic E-state index is -1.48. The first-order valence-electron chi connectivity index (χ1n) is 3.09. The maximum atomic E-state index is 12.6. The fourth-order valence-corrected chi connectivity index (χ4v) is 0.796. The quantitative estimate of drug-likeness (QED) is 0.589. The molecule has 0 saturated heterocycles. The molecule has 1 rings (SSSR count). The molecule has 0 spiro atoms. The van der Waals surface area contributed by atoms with Gasteiger partial charge in [0.15, 0.2) is 0 Å². The fraction of sp³-hybridized carbons (Fsp3) is 0.125. The second kappa shape index (κ2) is 2.70. The summed E-state index contributed by atoms with van der Waals surface area (Å²) in [5.41, 5.74) is 0.315. The molecule has 58 valence electrons. The van der Waals surface area contributed by atoms with Crippen molar-refractivity contribution < 1.29 is 14.3 Å². The zero-order valence-corrected chi connectivity index (χ0v) is 5.93. The lowest BCUT2D eigenvalue weighted by molar-refractivity contribution is -0.255. The second-order valence-electron chi connectivity index (χ2n) is 2.27. The first-order chi connectivity index (χ1) is 5.11. The Morgan fingerprint density at radius 1 is 1.55 bits per heavy atom. The predicted molar refractivity (Wildman–Crippen MR) is 35.5 cm³/mol. The van der Waals surface area contributed by atoms with Crippen molar-refractivity contribution in [2.24, 2.45) is 0 Å². The second-order valence-corrected chi connectivity index (χ2v) is 2.27. The average Bonchev–Trinajstić information content (AvgIpc) is 1.94. The number of carbonyl (C=O) groups is 1. The summed E-state index contributed by atoms with van der Waals surface area (Å²) < 4.78 is 12.6. The van der Waals surface area contributed by atoms with Crippen molar-refractivity contribution in [3.05, 3.63) is 35.1 Å². The third kappa shape index (κ3) is 1.55. The summed E-state index contributed by atoms with van der Waals surface area (Å²) in [5, 5.41) is 10.2. The van der Waals surface area contributed by atoms with Crippen LogP contribution in [0.15, 0.2) is 18.2 Å². The smallest absolute Gasteiger partial charge is 0.132 e. The van der Waals surface area contributed by atoms with Crippen molar-refractivity contribution in [1.82, 2.24) is 0 Å². The van der Waals surface area contributed by atoms with Crippen LogP contribution in [0.25, 0.3) is 0 Å². The van der Waals surface area contributed by atoms with Crippen molar-refractivity contribution in [1.29, 1.82) is 0 Å². The standard InChI is InChI=1S/C8H7FO2/c1-5-2-3-7(9)6(4-5)8(10)11/h2-4H,1H3,(H,10,11)/p-1. The largest absolute Gasteiger partial charge is 0.545 e. The molecule has 0 fully saturated rings. The number of rotatable bonds is 1. The van der Waals surface area contributed by atoms with Crippen molar-refractivity contribution in [2.75, 3.05) is 0 Å². The first kappa shape index (κ1) is 7.72. The van der Waals surface area contributed by atoms with Gasteiger partial charge in [-0.1, -0.05) is 11.6 Å². The summed E-state index contributed by atoms with van der Waals surface area (Å²) in [6, 6.07) is 3.85. The molecule has 0 bridgehead atoms. The van der Waals surface area contributed by atoms with E-state index in [2.05, 4.69) is 0 Å². The number of aryl methyl sites for hydroxylation is 1. The number of halogens is 1. The van der Waals surface area contributed by atoms with E-state index in [0.29, 0.717) is 5.56 Å². The van der Waals surface area contributed by atoms with Crippen molar-refractivity contribution in [3.8, 4) is 0 Å². The van der Waals surface area contributed by atoms with E-state index in [4.69, 9.17) is 0 Å². The summed E-state index contributed by atoms with van der Waals surface area (Å²) in [6.07, 6.45) is 0. The van der Waals surface area contributed by atoms with Crippen molar-refractivity contribution in [2.45, 2.75) is 6.92 Å². The molecule has 0 aliphatic heterocycles. The van der Waals surface area contributed by atoms with Gasteiger partial charge in [0.05, 0.1) is 5.97 Å². The number of carboxylic acid groups (broad SMARTS) is 1. The highest BCUT2D eigenvalue weighted by molar-refractivity contribution is 5.86. The third-order valence-electron chi connectivity index (χ3n) is 1.34. The number of benzene rings is 1. The topological polar surface area (TPSA) is 40.1 Å². The molecule has 0 radical (unpaired) electrons. The van der Waals surface area contributed by atoms with Crippen LogP contribution in [0.2, 0.25) is 0 Å². The molecule has 0 unspecified atom stereocenters. The molecule has 0 heterocycles. The van der Waals surface area contributed by atoms with Crippen LogP contribution in [0.4, 0.5) is 4.39 Å². The number of carboxylic acids is 1. The summed E-state index contributed by atoms with van der Waals surface area (Å²) in [5.74, 6) is -2.23.